The Kier molecular flexibility index (Phi) is 5.68. The van der Waals surface area contributed by atoms with Crippen LogP contribution in [0.2, 0.25) is 0 Å². The van der Waals surface area contributed by atoms with Gasteiger partial charge in [0, 0.05) is 19.0 Å². The predicted molar refractivity (Wildman–Crippen MR) is 74.6 cm³/mol. The smallest absolute Gasteiger partial charge is 0.410 e. The fourth-order valence-electron chi connectivity index (χ4n) is 2.28. The number of amides is 1. The summed E-state index contributed by atoms with van der Waals surface area (Å²) in [4.78, 5) is 13.7. The first-order chi connectivity index (χ1) is 8.83. The highest BCUT2D eigenvalue weighted by molar-refractivity contribution is 5.68. The molecular formula is C15H25NO3. The number of hydrogen-bond donors (Lipinski definition) is 1. The molecule has 1 aliphatic carbocycles. The summed E-state index contributed by atoms with van der Waals surface area (Å²) in [5, 5.41) is 8.68. The zero-order valence-corrected chi connectivity index (χ0v) is 12.4. The summed E-state index contributed by atoms with van der Waals surface area (Å²) < 4.78 is 5.37. The Balaban J connectivity index is 2.44. The largest absolute Gasteiger partial charge is 0.444 e. The molecule has 0 aromatic carbocycles. The van der Waals surface area contributed by atoms with Gasteiger partial charge >= 0.3 is 6.09 Å². The highest BCUT2D eigenvalue weighted by Gasteiger charge is 2.28. The topological polar surface area (TPSA) is 49.8 Å². The van der Waals surface area contributed by atoms with Crippen molar-refractivity contribution in [3.05, 3.63) is 0 Å². The van der Waals surface area contributed by atoms with Crippen molar-refractivity contribution >= 4 is 6.09 Å². The Bertz CT molecular complexity index is 354. The van der Waals surface area contributed by atoms with Crippen LogP contribution in [0.1, 0.15) is 46.5 Å². The Labute approximate surface area is 116 Å². The van der Waals surface area contributed by atoms with Gasteiger partial charge in [-0.05, 0) is 46.5 Å². The van der Waals surface area contributed by atoms with Crippen LogP contribution in [0.5, 0.6) is 0 Å². The monoisotopic (exact) mass is 267 g/mol. The van der Waals surface area contributed by atoms with Gasteiger partial charge in [-0.25, -0.2) is 4.79 Å². The average molecular weight is 267 g/mol. The highest BCUT2D eigenvalue weighted by Crippen LogP contribution is 2.27. The van der Waals surface area contributed by atoms with Gasteiger partial charge in [-0.2, -0.15) is 0 Å². The van der Waals surface area contributed by atoms with Gasteiger partial charge in [0.15, 0.2) is 0 Å². The third kappa shape index (κ3) is 5.52. The summed E-state index contributed by atoms with van der Waals surface area (Å²) in [6.45, 7) is 5.55. The zero-order valence-electron chi connectivity index (χ0n) is 12.4. The number of aliphatic hydroxyl groups excluding tert-OH is 1. The Morgan fingerprint density at radius 2 is 1.89 bits per heavy atom. The van der Waals surface area contributed by atoms with Crippen molar-refractivity contribution in [1.82, 2.24) is 4.90 Å². The van der Waals surface area contributed by atoms with E-state index in [9.17, 15) is 4.79 Å². The van der Waals surface area contributed by atoms with Crippen molar-refractivity contribution in [2.75, 3.05) is 13.7 Å². The van der Waals surface area contributed by atoms with E-state index < -0.39 is 5.60 Å². The number of aliphatic hydroxyl groups is 1. The van der Waals surface area contributed by atoms with Crippen LogP contribution >= 0.6 is 0 Å². The van der Waals surface area contributed by atoms with Gasteiger partial charge in [0.1, 0.15) is 12.2 Å². The minimum Gasteiger partial charge on any atom is -0.444 e. The maximum Gasteiger partial charge on any atom is 0.410 e. The SMILES string of the molecule is CN(C(=O)OC(C)(C)C)C1CCC(C#CCO)CC1. The number of carbonyl (C=O) groups is 1. The first-order valence-corrected chi connectivity index (χ1v) is 6.88. The minimum absolute atomic E-state index is 0.0717. The molecule has 108 valence electrons. The van der Waals surface area contributed by atoms with Crippen LogP contribution in [0, 0.1) is 17.8 Å². The summed E-state index contributed by atoms with van der Waals surface area (Å²) in [6, 6.07) is 0.238. The molecule has 0 atom stereocenters. The second-order valence-electron chi connectivity index (χ2n) is 6.08. The van der Waals surface area contributed by atoms with Crippen LogP contribution in [0.25, 0.3) is 0 Å². The number of hydrogen-bond acceptors (Lipinski definition) is 3. The molecule has 1 aliphatic rings. The molecule has 0 radical (unpaired) electrons. The predicted octanol–water partition coefficient (Wildman–Crippen LogP) is 2.41. The molecule has 4 nitrogen and oxygen atoms in total. The number of rotatable bonds is 1. The van der Waals surface area contributed by atoms with E-state index in [0.717, 1.165) is 25.7 Å². The van der Waals surface area contributed by atoms with Crippen molar-refractivity contribution in [2.24, 2.45) is 5.92 Å². The molecule has 4 heteroatoms. The fraction of sp³-hybridized carbons (Fsp3) is 0.800. The summed E-state index contributed by atoms with van der Waals surface area (Å²) in [6.07, 6.45) is 3.59. The third-order valence-corrected chi connectivity index (χ3v) is 3.31. The van der Waals surface area contributed by atoms with Crippen molar-refractivity contribution in [1.29, 1.82) is 0 Å². The highest BCUT2D eigenvalue weighted by atomic mass is 16.6. The lowest BCUT2D eigenvalue weighted by Gasteiger charge is -2.34. The van der Waals surface area contributed by atoms with Crippen molar-refractivity contribution in [2.45, 2.75) is 58.1 Å². The summed E-state index contributed by atoms with van der Waals surface area (Å²) in [5.74, 6) is 6.14. The van der Waals surface area contributed by atoms with Gasteiger partial charge in [-0.3, -0.25) is 0 Å². The molecule has 1 N–H and O–H groups in total. The van der Waals surface area contributed by atoms with E-state index in [1.165, 1.54) is 0 Å². The second kappa shape index (κ2) is 6.81. The van der Waals surface area contributed by atoms with Gasteiger partial charge in [0.05, 0.1) is 0 Å². The van der Waals surface area contributed by atoms with E-state index in [1.54, 1.807) is 11.9 Å². The zero-order chi connectivity index (χ0) is 14.5. The van der Waals surface area contributed by atoms with E-state index in [1.807, 2.05) is 20.8 Å². The number of ether oxygens (including phenoxy) is 1. The first-order valence-electron chi connectivity index (χ1n) is 6.88. The molecule has 0 heterocycles. The van der Waals surface area contributed by atoms with E-state index in [0.29, 0.717) is 5.92 Å². The van der Waals surface area contributed by atoms with Crippen LogP contribution in [0.4, 0.5) is 4.79 Å². The molecule has 0 aromatic heterocycles. The van der Waals surface area contributed by atoms with Crippen molar-refractivity contribution < 1.29 is 14.6 Å². The molecule has 1 amide bonds. The minimum atomic E-state index is -0.449. The first kappa shape index (κ1) is 15.8. The van der Waals surface area contributed by atoms with Gasteiger partial charge in [0.25, 0.3) is 0 Å². The van der Waals surface area contributed by atoms with Crippen LogP contribution in [-0.2, 0) is 4.74 Å². The maximum atomic E-state index is 12.0. The van der Waals surface area contributed by atoms with Crippen molar-refractivity contribution in [3.63, 3.8) is 0 Å². The maximum absolute atomic E-state index is 12.0. The van der Waals surface area contributed by atoms with E-state index in [4.69, 9.17) is 9.84 Å². The Hall–Kier alpha value is -1.21. The molecule has 0 aliphatic heterocycles. The normalized spacial score (nSPS) is 23.2. The summed E-state index contributed by atoms with van der Waals surface area (Å²) >= 11 is 0. The molecule has 19 heavy (non-hydrogen) atoms. The summed E-state index contributed by atoms with van der Waals surface area (Å²) in [5.41, 5.74) is -0.449. The summed E-state index contributed by atoms with van der Waals surface area (Å²) in [7, 11) is 1.80. The average Bonchev–Trinajstić information content (AvgIpc) is 2.34. The Morgan fingerprint density at radius 1 is 1.32 bits per heavy atom. The molecule has 1 saturated carbocycles. The third-order valence-electron chi connectivity index (χ3n) is 3.31. The molecule has 0 unspecified atom stereocenters. The lowest BCUT2D eigenvalue weighted by molar-refractivity contribution is 0.0180. The second-order valence-corrected chi connectivity index (χ2v) is 6.08. The van der Waals surface area contributed by atoms with Crippen LogP contribution in [0.3, 0.4) is 0 Å². The quantitative estimate of drug-likeness (QED) is 0.742. The molecule has 0 bridgehead atoms. The molecule has 1 rings (SSSR count). The van der Waals surface area contributed by atoms with E-state index in [-0.39, 0.29) is 18.7 Å². The van der Waals surface area contributed by atoms with E-state index >= 15 is 0 Å². The van der Waals surface area contributed by atoms with Gasteiger partial charge in [-0.15, -0.1) is 0 Å². The molecule has 1 fully saturated rings. The van der Waals surface area contributed by atoms with Gasteiger partial charge < -0.3 is 14.7 Å². The molecule has 0 saturated heterocycles. The molecular weight excluding hydrogens is 242 g/mol. The lowest BCUT2D eigenvalue weighted by atomic mass is 9.86. The lowest BCUT2D eigenvalue weighted by Crippen LogP contribution is -2.42. The van der Waals surface area contributed by atoms with Crippen LogP contribution < -0.4 is 0 Å². The fourth-order valence-corrected chi connectivity index (χ4v) is 2.28. The van der Waals surface area contributed by atoms with Crippen LogP contribution in [-0.4, -0.2) is 41.4 Å². The van der Waals surface area contributed by atoms with Crippen LogP contribution in [0.15, 0.2) is 0 Å². The number of carbonyl (C=O) groups excluding carboxylic acids is 1. The molecule has 0 spiro atoms. The Morgan fingerprint density at radius 3 is 2.37 bits per heavy atom. The van der Waals surface area contributed by atoms with Crippen molar-refractivity contribution in [3.8, 4) is 11.8 Å². The molecule has 0 aromatic rings. The van der Waals surface area contributed by atoms with E-state index in [2.05, 4.69) is 11.8 Å². The number of nitrogens with zero attached hydrogens (tertiary/aromatic N) is 1. The van der Waals surface area contributed by atoms with Gasteiger partial charge in [0.2, 0.25) is 0 Å². The standard InChI is InChI=1S/C15H25NO3/c1-15(2,3)19-14(18)16(4)13-9-7-12(8-10-13)6-5-11-17/h12-13,17H,7-11H2,1-4H3. The van der Waals surface area contributed by atoms with Gasteiger partial charge in [-0.1, -0.05) is 11.8 Å².